The molecule has 66 valence electrons. The predicted octanol–water partition coefficient (Wildman–Crippen LogP) is 1.77. The Labute approximate surface area is 74.5 Å². The summed E-state index contributed by atoms with van der Waals surface area (Å²) in [5.41, 5.74) is 2.30. The second kappa shape index (κ2) is 5.74. The molecule has 0 atom stereocenters. The van der Waals surface area contributed by atoms with Gasteiger partial charge in [-0.2, -0.15) is 0 Å². The van der Waals surface area contributed by atoms with Gasteiger partial charge >= 0.3 is 0 Å². The van der Waals surface area contributed by atoms with Crippen molar-refractivity contribution >= 4 is 18.8 Å². The third-order valence-corrected chi connectivity index (χ3v) is 7.02. The van der Waals surface area contributed by atoms with E-state index in [9.17, 15) is 0 Å². The summed E-state index contributed by atoms with van der Waals surface area (Å²) >= 11 is 0. The lowest BCUT2D eigenvalue weighted by Crippen LogP contribution is -2.26. The van der Waals surface area contributed by atoms with Gasteiger partial charge in [-0.05, 0) is 19.5 Å². The average Bonchev–Trinajstić information content (AvgIpc) is 1.99. The molecule has 0 aromatic carbocycles. The molecule has 0 saturated heterocycles. The Morgan fingerprint density at radius 2 is 2.09 bits per heavy atom. The standard InChI is InChI=1S/C8H20OSi2/c1-4-5-6-7-8-11(2,3)9-10/h7-8H,4-6H2,1-3,10H3. The SMILES string of the molecule is CCCCC=C[Si](C)(C)O[SiH3]. The molecule has 1 nitrogen and oxygen atoms in total. The average molecular weight is 188 g/mol. The lowest BCUT2D eigenvalue weighted by molar-refractivity contribution is 0.626. The maximum Gasteiger partial charge on any atom is 0.197 e. The van der Waals surface area contributed by atoms with Gasteiger partial charge in [-0.1, -0.05) is 31.5 Å². The third kappa shape index (κ3) is 6.53. The summed E-state index contributed by atoms with van der Waals surface area (Å²) in [6.07, 6.45) is 6.10. The van der Waals surface area contributed by atoms with Crippen LogP contribution in [0.25, 0.3) is 0 Å². The van der Waals surface area contributed by atoms with Crippen LogP contribution >= 0.6 is 0 Å². The highest BCUT2D eigenvalue weighted by molar-refractivity contribution is 6.78. The van der Waals surface area contributed by atoms with Crippen LogP contribution in [-0.2, 0) is 4.12 Å². The second-order valence-electron chi connectivity index (χ2n) is 3.35. The van der Waals surface area contributed by atoms with E-state index in [-0.39, 0.29) is 0 Å². The van der Waals surface area contributed by atoms with E-state index in [1.165, 1.54) is 19.3 Å². The van der Waals surface area contributed by atoms with E-state index >= 15 is 0 Å². The van der Waals surface area contributed by atoms with E-state index in [1.54, 1.807) is 0 Å². The molecule has 0 amide bonds. The van der Waals surface area contributed by atoms with Gasteiger partial charge in [0.15, 0.2) is 8.32 Å². The minimum atomic E-state index is -1.35. The lowest BCUT2D eigenvalue weighted by atomic mass is 10.2. The normalized spacial score (nSPS) is 13.0. The Hall–Kier alpha value is 0.134. The van der Waals surface area contributed by atoms with Crippen LogP contribution in [0.5, 0.6) is 0 Å². The molecule has 0 fully saturated rings. The Bertz CT molecular complexity index is 121. The summed E-state index contributed by atoms with van der Waals surface area (Å²) in [6, 6.07) is 0. The largest absolute Gasteiger partial charge is 0.461 e. The predicted molar refractivity (Wildman–Crippen MR) is 57.2 cm³/mol. The Morgan fingerprint density at radius 1 is 1.45 bits per heavy atom. The van der Waals surface area contributed by atoms with Crippen LogP contribution in [0.3, 0.4) is 0 Å². The van der Waals surface area contributed by atoms with Gasteiger partial charge in [-0.3, -0.25) is 0 Å². The van der Waals surface area contributed by atoms with Gasteiger partial charge in [0, 0.05) is 0 Å². The molecule has 0 aliphatic rings. The molecule has 11 heavy (non-hydrogen) atoms. The minimum absolute atomic E-state index is 0.877. The van der Waals surface area contributed by atoms with E-state index in [0.717, 1.165) is 10.5 Å². The van der Waals surface area contributed by atoms with Crippen LogP contribution < -0.4 is 0 Å². The van der Waals surface area contributed by atoms with Gasteiger partial charge in [0.1, 0.15) is 10.5 Å². The van der Waals surface area contributed by atoms with Gasteiger partial charge in [0.25, 0.3) is 0 Å². The van der Waals surface area contributed by atoms with E-state index in [1.807, 2.05) is 0 Å². The maximum absolute atomic E-state index is 5.51. The monoisotopic (exact) mass is 188 g/mol. The molecule has 0 bridgehead atoms. The first kappa shape index (κ1) is 11.1. The molecule has 0 aromatic heterocycles. The summed E-state index contributed by atoms with van der Waals surface area (Å²) in [7, 11) is -0.469. The molecular weight excluding hydrogens is 168 g/mol. The molecule has 0 saturated carbocycles. The van der Waals surface area contributed by atoms with E-state index in [2.05, 4.69) is 31.8 Å². The van der Waals surface area contributed by atoms with Gasteiger partial charge in [-0.25, -0.2) is 0 Å². The third-order valence-electron chi connectivity index (χ3n) is 1.77. The van der Waals surface area contributed by atoms with Gasteiger partial charge < -0.3 is 4.12 Å². The van der Waals surface area contributed by atoms with Crippen molar-refractivity contribution in [3.8, 4) is 0 Å². The zero-order valence-corrected chi connectivity index (χ0v) is 11.2. The molecule has 0 N–H and O–H groups in total. The number of allylic oxidation sites excluding steroid dienone is 1. The van der Waals surface area contributed by atoms with Crippen molar-refractivity contribution in [1.29, 1.82) is 0 Å². The summed E-state index contributed by atoms with van der Waals surface area (Å²) in [5, 5.41) is 0. The van der Waals surface area contributed by atoms with Crippen molar-refractivity contribution in [2.24, 2.45) is 0 Å². The number of unbranched alkanes of at least 4 members (excludes halogenated alkanes) is 2. The first-order chi connectivity index (χ1) is 5.12. The van der Waals surface area contributed by atoms with Crippen LogP contribution in [0.1, 0.15) is 26.2 Å². The number of hydrogen-bond donors (Lipinski definition) is 0. The van der Waals surface area contributed by atoms with Gasteiger partial charge in [0.2, 0.25) is 0 Å². The second-order valence-corrected chi connectivity index (χ2v) is 8.53. The van der Waals surface area contributed by atoms with Crippen molar-refractivity contribution in [3.63, 3.8) is 0 Å². The van der Waals surface area contributed by atoms with Gasteiger partial charge in [-0.15, -0.1) is 0 Å². The van der Waals surface area contributed by atoms with E-state index in [0.29, 0.717) is 0 Å². The molecule has 0 aliphatic carbocycles. The fourth-order valence-corrected chi connectivity index (χ4v) is 2.04. The fourth-order valence-electron chi connectivity index (χ4n) is 0.757. The Kier molecular flexibility index (Phi) is 5.81. The summed E-state index contributed by atoms with van der Waals surface area (Å²) in [5.74, 6) is 0. The van der Waals surface area contributed by atoms with Crippen molar-refractivity contribution in [2.75, 3.05) is 0 Å². The molecule has 0 radical (unpaired) electrons. The number of hydrogen-bond acceptors (Lipinski definition) is 1. The van der Waals surface area contributed by atoms with Crippen molar-refractivity contribution in [3.05, 3.63) is 11.8 Å². The molecule has 3 heteroatoms. The Morgan fingerprint density at radius 3 is 2.55 bits per heavy atom. The smallest absolute Gasteiger partial charge is 0.197 e. The molecule has 0 heterocycles. The first-order valence-electron chi connectivity index (χ1n) is 4.35. The zero-order valence-electron chi connectivity index (χ0n) is 8.18. The molecule has 0 spiro atoms. The molecule has 0 unspecified atom stereocenters. The molecule has 0 aliphatic heterocycles. The lowest BCUT2D eigenvalue weighted by Gasteiger charge is -2.14. The van der Waals surface area contributed by atoms with Crippen molar-refractivity contribution in [2.45, 2.75) is 39.3 Å². The van der Waals surface area contributed by atoms with Crippen LogP contribution in [0.15, 0.2) is 11.8 Å². The highest BCUT2D eigenvalue weighted by atomic mass is 28.4. The molecule has 0 aromatic rings. The van der Waals surface area contributed by atoms with Gasteiger partial charge in [0.05, 0.1) is 0 Å². The quantitative estimate of drug-likeness (QED) is 0.472. The van der Waals surface area contributed by atoms with E-state index in [4.69, 9.17) is 4.12 Å². The topological polar surface area (TPSA) is 9.23 Å². The number of rotatable bonds is 5. The van der Waals surface area contributed by atoms with Crippen LogP contribution in [0, 0.1) is 0 Å². The fraction of sp³-hybridized carbons (Fsp3) is 0.750. The summed E-state index contributed by atoms with van der Waals surface area (Å²) in [4.78, 5) is 0. The first-order valence-corrected chi connectivity index (χ1v) is 8.15. The van der Waals surface area contributed by atoms with Crippen LogP contribution in [0.2, 0.25) is 13.1 Å². The minimum Gasteiger partial charge on any atom is -0.461 e. The summed E-state index contributed by atoms with van der Waals surface area (Å²) in [6.45, 7) is 6.70. The van der Waals surface area contributed by atoms with Crippen molar-refractivity contribution < 1.29 is 4.12 Å². The molecular formula is C8H20OSi2. The highest BCUT2D eigenvalue weighted by Crippen LogP contribution is 2.05. The van der Waals surface area contributed by atoms with Crippen LogP contribution in [-0.4, -0.2) is 18.8 Å². The molecule has 0 rings (SSSR count). The maximum atomic E-state index is 5.51. The van der Waals surface area contributed by atoms with Crippen molar-refractivity contribution in [1.82, 2.24) is 0 Å². The van der Waals surface area contributed by atoms with E-state index < -0.39 is 8.32 Å². The van der Waals surface area contributed by atoms with Crippen LogP contribution in [0.4, 0.5) is 0 Å². The zero-order chi connectivity index (χ0) is 8.74. The summed E-state index contributed by atoms with van der Waals surface area (Å²) < 4.78 is 5.51. The highest BCUT2D eigenvalue weighted by Gasteiger charge is 2.13. The Balaban J connectivity index is 3.55.